The van der Waals surface area contributed by atoms with Crippen LogP contribution < -0.4 is 0 Å². The number of nitrogens with zero attached hydrogens (tertiary/aromatic N) is 4. The largest absolute Gasteiger partial charge is 0.475 e. The summed E-state index contributed by atoms with van der Waals surface area (Å²) in [6.45, 7) is 0.277. The van der Waals surface area contributed by atoms with Crippen LogP contribution in [-0.4, -0.2) is 31.6 Å². The number of fused-ring (bicyclic) bond motifs is 3. The van der Waals surface area contributed by atoms with Crippen LogP contribution in [0.2, 0.25) is 0 Å². The van der Waals surface area contributed by atoms with E-state index in [2.05, 4.69) is 15.1 Å². The molecule has 0 bridgehead atoms. The molecule has 0 amide bonds. The zero-order chi connectivity index (χ0) is 15.8. The number of carboxylic acid groups (broad SMARTS) is 1. The Morgan fingerprint density at radius 3 is 2.57 bits per heavy atom. The Balaban J connectivity index is 1.94. The normalized spacial score (nSPS) is 12.8. The Labute approximate surface area is 131 Å². The number of hydrogen-bond donors (Lipinski definition) is 1. The second-order valence-electron chi connectivity index (χ2n) is 5.12. The third kappa shape index (κ3) is 2.20. The van der Waals surface area contributed by atoms with Crippen LogP contribution >= 0.6 is 0 Å². The molecule has 0 saturated heterocycles. The first-order chi connectivity index (χ1) is 11.2. The fourth-order valence-electron chi connectivity index (χ4n) is 2.67. The van der Waals surface area contributed by atoms with E-state index in [1.54, 1.807) is 4.68 Å². The molecule has 1 aromatic heterocycles. The zero-order valence-corrected chi connectivity index (χ0v) is 12.0. The molecule has 0 fully saturated rings. The number of carboxylic acids is 1. The van der Waals surface area contributed by atoms with Crippen LogP contribution in [0.4, 0.5) is 0 Å². The number of aromatic nitrogens is 3. The van der Waals surface area contributed by atoms with Gasteiger partial charge in [0.15, 0.2) is 5.82 Å². The molecule has 1 aliphatic rings. The van der Waals surface area contributed by atoms with E-state index in [1.807, 2.05) is 54.6 Å². The average molecular weight is 304 g/mol. The van der Waals surface area contributed by atoms with E-state index in [0.29, 0.717) is 5.82 Å². The molecule has 2 heterocycles. The number of benzene rings is 2. The van der Waals surface area contributed by atoms with E-state index in [0.717, 1.165) is 22.5 Å². The highest BCUT2D eigenvalue weighted by Gasteiger charge is 2.22. The van der Waals surface area contributed by atoms with E-state index in [-0.39, 0.29) is 12.4 Å². The molecule has 6 heteroatoms. The van der Waals surface area contributed by atoms with Crippen LogP contribution in [0.15, 0.2) is 59.6 Å². The summed E-state index contributed by atoms with van der Waals surface area (Å²) in [5.74, 6) is -0.843. The number of carbonyl (C=O) groups is 1. The van der Waals surface area contributed by atoms with Gasteiger partial charge in [-0.1, -0.05) is 48.5 Å². The molecule has 4 rings (SSSR count). The lowest BCUT2D eigenvalue weighted by Gasteiger charge is -2.10. The summed E-state index contributed by atoms with van der Waals surface area (Å²) < 4.78 is 1.57. The van der Waals surface area contributed by atoms with Gasteiger partial charge in [0.1, 0.15) is 0 Å². The quantitative estimate of drug-likeness (QED) is 0.788. The lowest BCUT2D eigenvalue weighted by Crippen LogP contribution is -2.08. The van der Waals surface area contributed by atoms with Gasteiger partial charge >= 0.3 is 5.97 Å². The summed E-state index contributed by atoms with van der Waals surface area (Å²) in [5, 5.41) is 13.2. The molecule has 112 valence electrons. The van der Waals surface area contributed by atoms with Crippen molar-refractivity contribution in [3.8, 4) is 5.69 Å². The molecule has 2 aromatic carbocycles. The predicted molar refractivity (Wildman–Crippen MR) is 84.1 cm³/mol. The van der Waals surface area contributed by atoms with Crippen LogP contribution in [0.3, 0.4) is 0 Å². The lowest BCUT2D eigenvalue weighted by atomic mass is 10.0. The molecule has 0 aliphatic carbocycles. The monoisotopic (exact) mass is 304 g/mol. The minimum absolute atomic E-state index is 0.215. The van der Waals surface area contributed by atoms with Gasteiger partial charge in [-0.2, -0.15) is 0 Å². The van der Waals surface area contributed by atoms with E-state index in [1.165, 1.54) is 0 Å². The molecular weight excluding hydrogens is 292 g/mol. The minimum atomic E-state index is -1.14. The second-order valence-corrected chi connectivity index (χ2v) is 5.12. The van der Waals surface area contributed by atoms with Crippen molar-refractivity contribution in [2.45, 2.75) is 6.54 Å². The smallest absolute Gasteiger partial charge is 0.375 e. The standard InChI is InChI=1S/C17H12N4O2/c22-17(23)16-19-14-10-18-15(11-6-2-1-3-7-11)12-8-4-5-9-13(12)21(14)20-16/h1-9H,10H2,(H,22,23). The second kappa shape index (κ2) is 5.17. The van der Waals surface area contributed by atoms with Crippen LogP contribution in [0.5, 0.6) is 0 Å². The molecule has 0 saturated carbocycles. The molecule has 1 N–H and O–H groups in total. The lowest BCUT2D eigenvalue weighted by molar-refractivity contribution is 0.0683. The van der Waals surface area contributed by atoms with Crippen molar-refractivity contribution in [1.29, 1.82) is 0 Å². The summed E-state index contributed by atoms with van der Waals surface area (Å²) >= 11 is 0. The Morgan fingerprint density at radius 2 is 1.78 bits per heavy atom. The molecule has 23 heavy (non-hydrogen) atoms. The van der Waals surface area contributed by atoms with Crippen molar-refractivity contribution >= 4 is 11.7 Å². The first-order valence-corrected chi connectivity index (χ1v) is 7.13. The van der Waals surface area contributed by atoms with Gasteiger partial charge in [-0.15, -0.1) is 5.10 Å². The highest BCUT2D eigenvalue weighted by atomic mass is 16.4. The third-order valence-corrected chi connectivity index (χ3v) is 3.68. The maximum atomic E-state index is 11.1. The average Bonchev–Trinajstić information content (AvgIpc) is 2.95. The van der Waals surface area contributed by atoms with E-state index < -0.39 is 5.97 Å². The Hall–Kier alpha value is -3.28. The molecule has 0 atom stereocenters. The first kappa shape index (κ1) is 13.4. The number of aliphatic imine (C=N–C) groups is 1. The van der Waals surface area contributed by atoms with Crippen LogP contribution in [0, 0.1) is 0 Å². The predicted octanol–water partition coefficient (Wildman–Crippen LogP) is 2.32. The minimum Gasteiger partial charge on any atom is -0.475 e. The van der Waals surface area contributed by atoms with Gasteiger partial charge < -0.3 is 5.11 Å². The topological polar surface area (TPSA) is 80.4 Å². The maximum absolute atomic E-state index is 11.1. The summed E-state index contributed by atoms with van der Waals surface area (Å²) in [6, 6.07) is 17.5. The fourth-order valence-corrected chi connectivity index (χ4v) is 2.67. The van der Waals surface area contributed by atoms with Crippen molar-refractivity contribution in [3.63, 3.8) is 0 Å². The Morgan fingerprint density at radius 1 is 1.04 bits per heavy atom. The van der Waals surface area contributed by atoms with E-state index in [9.17, 15) is 4.79 Å². The highest BCUT2D eigenvalue weighted by Crippen LogP contribution is 2.23. The first-order valence-electron chi connectivity index (χ1n) is 7.13. The Bertz CT molecular complexity index is 929. The van der Waals surface area contributed by atoms with Gasteiger partial charge in [0.05, 0.1) is 17.9 Å². The fraction of sp³-hybridized carbons (Fsp3) is 0.0588. The van der Waals surface area contributed by atoms with Crippen molar-refractivity contribution in [2.24, 2.45) is 4.99 Å². The maximum Gasteiger partial charge on any atom is 0.375 e. The summed E-state index contributed by atoms with van der Waals surface area (Å²) in [5.41, 5.74) is 3.54. The third-order valence-electron chi connectivity index (χ3n) is 3.68. The number of aromatic carboxylic acids is 1. The molecule has 0 radical (unpaired) electrons. The van der Waals surface area contributed by atoms with Gasteiger partial charge in [0, 0.05) is 11.1 Å². The van der Waals surface area contributed by atoms with E-state index >= 15 is 0 Å². The van der Waals surface area contributed by atoms with E-state index in [4.69, 9.17) is 5.11 Å². The van der Waals surface area contributed by atoms with Crippen molar-refractivity contribution in [2.75, 3.05) is 0 Å². The SMILES string of the molecule is O=C(O)c1nc2n(n1)-c1ccccc1C(c1ccccc1)=NC2. The van der Waals surface area contributed by atoms with Gasteiger partial charge in [-0.25, -0.2) is 14.5 Å². The Kier molecular flexibility index (Phi) is 3.01. The van der Waals surface area contributed by atoms with Crippen LogP contribution in [-0.2, 0) is 6.54 Å². The molecule has 1 aliphatic heterocycles. The van der Waals surface area contributed by atoms with Gasteiger partial charge in [0.25, 0.3) is 5.82 Å². The van der Waals surface area contributed by atoms with Crippen molar-refractivity contribution in [1.82, 2.24) is 14.8 Å². The number of para-hydroxylation sites is 1. The highest BCUT2D eigenvalue weighted by molar-refractivity contribution is 6.15. The summed E-state index contributed by atoms with van der Waals surface area (Å²) in [6.07, 6.45) is 0. The number of rotatable bonds is 2. The molecular formula is C17H12N4O2. The van der Waals surface area contributed by atoms with Gasteiger partial charge in [-0.05, 0) is 6.07 Å². The molecule has 3 aromatic rings. The van der Waals surface area contributed by atoms with Crippen molar-refractivity contribution < 1.29 is 9.90 Å². The van der Waals surface area contributed by atoms with Gasteiger partial charge in [0.2, 0.25) is 0 Å². The summed E-state index contributed by atoms with van der Waals surface area (Å²) in [4.78, 5) is 19.9. The van der Waals surface area contributed by atoms with Gasteiger partial charge in [-0.3, -0.25) is 4.99 Å². The zero-order valence-electron chi connectivity index (χ0n) is 12.0. The summed E-state index contributed by atoms with van der Waals surface area (Å²) in [7, 11) is 0. The molecule has 0 unspecified atom stereocenters. The molecule has 0 spiro atoms. The van der Waals surface area contributed by atoms with Crippen molar-refractivity contribution in [3.05, 3.63) is 77.4 Å². The molecule has 6 nitrogen and oxygen atoms in total. The van der Waals surface area contributed by atoms with Crippen LogP contribution in [0.1, 0.15) is 27.6 Å². The number of hydrogen-bond acceptors (Lipinski definition) is 4. The van der Waals surface area contributed by atoms with Crippen LogP contribution in [0.25, 0.3) is 5.69 Å².